The van der Waals surface area contributed by atoms with Crippen LogP contribution in [-0.4, -0.2) is 135 Å². The highest BCUT2D eigenvalue weighted by Crippen LogP contribution is 2.43. The average molecular weight is 1410 g/mol. The number of carbonyl (C=O) groups excluding carboxylic acids is 9. The van der Waals surface area contributed by atoms with Crippen LogP contribution in [0.15, 0.2) is 91.0 Å². The predicted molar refractivity (Wildman–Crippen MR) is 355 cm³/mol. The zero-order valence-electron chi connectivity index (χ0n) is 56.1. The lowest BCUT2D eigenvalue weighted by Gasteiger charge is -2.20. The molecule has 0 fully saturated rings. The molecule has 10 rings (SSSR count). The van der Waals surface area contributed by atoms with Crippen molar-refractivity contribution in [1.29, 1.82) is 0 Å². The van der Waals surface area contributed by atoms with Crippen molar-refractivity contribution >= 4 is 54.7 Å². The fourth-order valence-electron chi connectivity index (χ4n) is 11.0. The lowest BCUT2D eigenvalue weighted by Crippen LogP contribution is -2.16. The summed E-state index contributed by atoms with van der Waals surface area (Å²) in [5.74, 6) is -1.28. The van der Waals surface area contributed by atoms with E-state index in [4.69, 9.17) is 85.3 Å². The topological polar surface area (TPSA) is 320 Å². The molecule has 3 aliphatic heterocycles. The van der Waals surface area contributed by atoms with Gasteiger partial charge < -0.3 is 85.3 Å². The maximum atomic E-state index is 13.3. The molecule has 0 unspecified atom stereocenters. The highest BCUT2D eigenvalue weighted by molar-refractivity contribution is 5.80. The third-order valence-corrected chi connectivity index (χ3v) is 16.4. The molecule has 0 saturated carbocycles. The minimum absolute atomic E-state index is 0.173. The Labute approximate surface area is 586 Å². The Balaban J connectivity index is 0.986. The van der Waals surface area contributed by atoms with Gasteiger partial charge in [-0.05, 0) is 183 Å². The first kappa shape index (κ1) is 73.5. The van der Waals surface area contributed by atoms with Gasteiger partial charge in [0.25, 0.3) is 0 Å². The predicted octanol–water partition coefficient (Wildman–Crippen LogP) is 10.8. The standard InChI is InChI=1S/C75H78O27/c76-40-49-10-13-59-63(28-49)92-44-98-71(80)17-16-70(79)97-43-91-62-39-57(85-22-4-1-5-23-86-59)33-56-32-54-37-69-66(89-26-8-2-6-24-87-60-14-11-50(41-77)29-64(60)93-46-100-73(82)19-21-75(84)102-48-96-69)35-52(54)31-53-36-68-67(38-55(53)34-58(56)62)90-27-9-3-7-25-88-61-15-12-51(42-78)30-65(61)94-45-99-72(81)18-20-74(83)101-47-95-68/h10-15,28-30,33,35-42H,1-9,16-27,31-32,34,43-48H2. The molecule has 0 aromatic heterocycles. The minimum Gasteiger partial charge on any atom is -0.493 e. The van der Waals surface area contributed by atoms with Gasteiger partial charge in [-0.3, -0.25) is 43.2 Å². The van der Waals surface area contributed by atoms with Gasteiger partial charge in [0.05, 0.1) is 78.2 Å². The summed E-state index contributed by atoms with van der Waals surface area (Å²) >= 11 is 0. The van der Waals surface area contributed by atoms with Gasteiger partial charge in [-0.1, -0.05) is 0 Å². The number of hydrogen-bond acceptors (Lipinski definition) is 27. The number of ether oxygens (including phenoxy) is 18. The van der Waals surface area contributed by atoms with Gasteiger partial charge in [-0.15, -0.1) is 0 Å². The number of esters is 6. The van der Waals surface area contributed by atoms with Crippen LogP contribution in [0.4, 0.5) is 0 Å². The van der Waals surface area contributed by atoms with Gasteiger partial charge in [0.1, 0.15) is 30.4 Å². The number of cyclic esters (lactones) is 6. The maximum Gasteiger partial charge on any atom is 0.309 e. The molecule has 6 aromatic rings. The summed E-state index contributed by atoms with van der Waals surface area (Å²) in [7, 11) is 0. The molecule has 102 heavy (non-hydrogen) atoms. The number of hydrogen-bond donors (Lipinski definition) is 0. The number of rotatable bonds is 3. The molecule has 4 aliphatic rings. The van der Waals surface area contributed by atoms with Crippen molar-refractivity contribution in [2.45, 2.75) is 116 Å². The van der Waals surface area contributed by atoms with Crippen molar-refractivity contribution in [2.24, 2.45) is 0 Å². The van der Waals surface area contributed by atoms with E-state index in [9.17, 15) is 43.2 Å². The fraction of sp³-hybridized carbons (Fsp3) is 0.400. The molecule has 3 heterocycles. The SMILES string of the molecule is O=Cc1ccc2c(c1)OCOC(=O)CCC(=O)OCOc1cc3c(cc1OCCCCCO2)Cc1c(cc2cc1OCOC(=O)CCC(=O)OCOc1cc(C=O)ccc1OCCCCCO2)Cc1cc2c(cc1C3)OCCCCCOc1ccc(C=O)cc1OCOC(=O)CCC(=O)OCO2. The van der Waals surface area contributed by atoms with Crippen LogP contribution >= 0.6 is 0 Å². The molecule has 0 N–H and O–H groups in total. The number of benzene rings is 6. The third-order valence-electron chi connectivity index (χ3n) is 16.4. The fourth-order valence-corrected chi connectivity index (χ4v) is 11.0. The first-order valence-electron chi connectivity index (χ1n) is 33.6. The van der Waals surface area contributed by atoms with E-state index in [1.165, 1.54) is 18.2 Å². The van der Waals surface area contributed by atoms with Gasteiger partial charge >= 0.3 is 35.8 Å². The van der Waals surface area contributed by atoms with E-state index in [-0.39, 0.29) is 132 Å². The number of carbonyl (C=O) groups is 9. The molecule has 27 heteroatoms. The van der Waals surface area contributed by atoms with E-state index in [1.54, 1.807) is 54.6 Å². The molecular weight excluding hydrogens is 1330 g/mol. The van der Waals surface area contributed by atoms with Crippen molar-refractivity contribution in [3.63, 3.8) is 0 Å². The van der Waals surface area contributed by atoms with Crippen LogP contribution in [0.1, 0.15) is 161 Å². The zero-order chi connectivity index (χ0) is 71.3. The third kappa shape index (κ3) is 22.4. The van der Waals surface area contributed by atoms with E-state index in [0.717, 1.165) is 11.1 Å². The van der Waals surface area contributed by atoms with Gasteiger partial charge in [0, 0.05) is 34.7 Å². The molecule has 0 saturated heterocycles. The lowest BCUT2D eigenvalue weighted by molar-refractivity contribution is -0.157. The highest BCUT2D eigenvalue weighted by atomic mass is 16.7. The van der Waals surface area contributed by atoms with Crippen LogP contribution < -0.4 is 56.8 Å². The Morgan fingerprint density at radius 2 is 0.490 bits per heavy atom. The Morgan fingerprint density at radius 1 is 0.225 bits per heavy atom. The largest absolute Gasteiger partial charge is 0.493 e. The molecule has 1 aliphatic carbocycles. The van der Waals surface area contributed by atoms with Crippen molar-refractivity contribution in [3.05, 3.63) is 141 Å². The van der Waals surface area contributed by atoms with Crippen molar-refractivity contribution in [3.8, 4) is 69.0 Å². The summed E-state index contributed by atoms with van der Waals surface area (Å²) in [4.78, 5) is 113. The summed E-state index contributed by atoms with van der Waals surface area (Å²) < 4.78 is 106. The second-order valence-corrected chi connectivity index (χ2v) is 23.6. The van der Waals surface area contributed by atoms with Crippen molar-refractivity contribution in [1.82, 2.24) is 0 Å². The summed E-state index contributed by atoms with van der Waals surface area (Å²) in [6.45, 7) is -1.79. The van der Waals surface area contributed by atoms with E-state index in [2.05, 4.69) is 0 Å². The normalized spacial score (nSPS) is 17.3. The average Bonchev–Trinajstić information content (AvgIpc) is 1.52. The lowest BCUT2D eigenvalue weighted by atomic mass is 9.93. The molecule has 27 nitrogen and oxygen atoms in total. The molecule has 0 amide bonds. The zero-order valence-corrected chi connectivity index (χ0v) is 56.1. The Morgan fingerprint density at radius 3 is 0.814 bits per heavy atom. The highest BCUT2D eigenvalue weighted by Gasteiger charge is 2.26. The Bertz CT molecular complexity index is 3930. The second kappa shape index (κ2) is 38.4. The first-order chi connectivity index (χ1) is 49.9. The maximum absolute atomic E-state index is 13.3. The van der Waals surface area contributed by atoms with Crippen molar-refractivity contribution in [2.75, 3.05) is 80.4 Å². The summed E-state index contributed by atoms with van der Waals surface area (Å²) in [5.41, 5.74) is 5.21. The molecule has 2 bridgehead atoms. The van der Waals surface area contributed by atoms with Crippen LogP contribution in [0.3, 0.4) is 0 Å². The first-order valence-corrected chi connectivity index (χ1v) is 33.6. The molecular formula is C75H78O27. The van der Waals surface area contributed by atoms with Gasteiger partial charge in [0.15, 0.2) is 57.5 Å². The molecule has 540 valence electrons. The van der Waals surface area contributed by atoms with Gasteiger partial charge in [0.2, 0.25) is 40.8 Å². The monoisotopic (exact) mass is 1410 g/mol. The summed E-state index contributed by atoms with van der Waals surface area (Å²) in [6.07, 6.45) is 5.83. The molecule has 0 atom stereocenters. The van der Waals surface area contributed by atoms with E-state index in [1.807, 2.05) is 18.2 Å². The van der Waals surface area contributed by atoms with Crippen LogP contribution in [-0.2, 0) is 76.5 Å². The van der Waals surface area contributed by atoms with Gasteiger partial charge in [-0.2, -0.15) is 0 Å². The second-order valence-electron chi connectivity index (χ2n) is 23.6. The van der Waals surface area contributed by atoms with E-state index in [0.29, 0.717) is 150 Å². The molecule has 6 aromatic carbocycles. The quantitative estimate of drug-likeness (QED) is 0.0901. The van der Waals surface area contributed by atoms with Crippen LogP contribution in [0, 0.1) is 0 Å². The molecule has 0 radical (unpaired) electrons. The number of aldehydes is 3. The van der Waals surface area contributed by atoms with Crippen LogP contribution in [0.2, 0.25) is 0 Å². The Kier molecular flexibility index (Phi) is 27.6. The number of fused-ring (bicyclic) bond motifs is 11. The van der Waals surface area contributed by atoms with E-state index >= 15 is 0 Å². The summed E-state index contributed by atoms with van der Waals surface area (Å²) in [5, 5.41) is 0. The van der Waals surface area contributed by atoms with Gasteiger partial charge in [-0.25, -0.2) is 0 Å². The minimum atomic E-state index is -0.773. The summed E-state index contributed by atoms with van der Waals surface area (Å²) in [6, 6.07) is 24.8. The van der Waals surface area contributed by atoms with Crippen LogP contribution in [0.5, 0.6) is 69.0 Å². The smallest absolute Gasteiger partial charge is 0.309 e. The Hall–Kier alpha value is -11.3. The molecule has 0 spiro atoms. The van der Waals surface area contributed by atoms with E-state index < -0.39 is 76.6 Å². The van der Waals surface area contributed by atoms with Crippen molar-refractivity contribution < 1.29 is 128 Å². The van der Waals surface area contributed by atoms with Crippen LogP contribution in [0.25, 0.3) is 0 Å².